The number of carbonyl (C=O) groups excluding carboxylic acids is 1. The van der Waals surface area contributed by atoms with Crippen LogP contribution in [0.4, 0.5) is 0 Å². The Balaban J connectivity index is 1.59. The van der Waals surface area contributed by atoms with Gasteiger partial charge in [0, 0.05) is 24.5 Å². The molecule has 3 heterocycles. The van der Waals surface area contributed by atoms with Crippen LogP contribution in [0.1, 0.15) is 36.6 Å². The normalized spacial score (nSPS) is 18.3. The van der Waals surface area contributed by atoms with Gasteiger partial charge in [-0.25, -0.2) is 9.97 Å². The highest BCUT2D eigenvalue weighted by Gasteiger charge is 2.31. The Morgan fingerprint density at radius 1 is 1.62 bits per heavy atom. The molecule has 1 atom stereocenters. The van der Waals surface area contributed by atoms with Gasteiger partial charge in [0.1, 0.15) is 10.8 Å². The summed E-state index contributed by atoms with van der Waals surface area (Å²) < 4.78 is 0. The molecular weight excluding hydrogens is 306 g/mol. The number of nitrogens with one attached hydrogen (secondary N) is 1. The van der Waals surface area contributed by atoms with E-state index < -0.39 is 0 Å². The number of thioether (sulfide) groups is 1. The van der Waals surface area contributed by atoms with E-state index in [4.69, 9.17) is 0 Å². The molecule has 3 rings (SSSR count). The van der Waals surface area contributed by atoms with Crippen molar-refractivity contribution in [3.63, 3.8) is 0 Å². The van der Waals surface area contributed by atoms with E-state index in [1.54, 1.807) is 17.5 Å². The van der Waals surface area contributed by atoms with E-state index in [2.05, 4.69) is 20.2 Å². The molecule has 2 aromatic rings. The molecule has 0 aliphatic carbocycles. The molecule has 0 spiro atoms. The van der Waals surface area contributed by atoms with E-state index in [0.717, 1.165) is 36.6 Å². The third-order valence-electron chi connectivity index (χ3n) is 3.48. The molecule has 0 aromatic carbocycles. The summed E-state index contributed by atoms with van der Waals surface area (Å²) >= 11 is 3.01. The number of nitrogens with zero attached hydrogens (tertiary/aromatic N) is 4. The highest BCUT2D eigenvalue weighted by molar-refractivity contribution is 7.99. The first-order valence-electron chi connectivity index (χ1n) is 7.01. The Kier molecular flexibility index (Phi) is 4.54. The molecule has 1 aliphatic heterocycles. The van der Waals surface area contributed by atoms with Gasteiger partial charge in [-0.15, -0.1) is 16.4 Å². The van der Waals surface area contributed by atoms with Crippen molar-refractivity contribution in [1.82, 2.24) is 25.1 Å². The van der Waals surface area contributed by atoms with Crippen molar-refractivity contribution in [2.45, 2.75) is 37.4 Å². The van der Waals surface area contributed by atoms with Gasteiger partial charge in [-0.3, -0.25) is 9.89 Å². The van der Waals surface area contributed by atoms with Crippen molar-refractivity contribution in [3.05, 3.63) is 22.4 Å². The zero-order valence-corrected chi connectivity index (χ0v) is 13.4. The van der Waals surface area contributed by atoms with Crippen LogP contribution in [-0.2, 0) is 11.2 Å². The number of likely N-dealkylation sites (tertiary alicyclic amines) is 1. The summed E-state index contributed by atoms with van der Waals surface area (Å²) in [4.78, 5) is 23.0. The second-order valence-corrected chi connectivity index (χ2v) is 6.69. The Morgan fingerprint density at radius 2 is 2.52 bits per heavy atom. The maximum atomic E-state index is 12.4. The van der Waals surface area contributed by atoms with Gasteiger partial charge in [-0.05, 0) is 12.8 Å². The maximum Gasteiger partial charge on any atom is 0.233 e. The Bertz CT molecular complexity index is 597. The third kappa shape index (κ3) is 3.26. The zero-order chi connectivity index (χ0) is 14.7. The lowest BCUT2D eigenvalue weighted by atomic mass is 10.2. The fourth-order valence-corrected chi connectivity index (χ4v) is 3.92. The topological polar surface area (TPSA) is 74.8 Å². The maximum absolute atomic E-state index is 12.4. The summed E-state index contributed by atoms with van der Waals surface area (Å²) in [6, 6.07) is 0.149. The van der Waals surface area contributed by atoms with Gasteiger partial charge < -0.3 is 4.90 Å². The molecule has 0 unspecified atom stereocenters. The zero-order valence-electron chi connectivity index (χ0n) is 11.8. The van der Waals surface area contributed by atoms with Gasteiger partial charge in [0.2, 0.25) is 11.1 Å². The number of H-pyrrole nitrogens is 1. The molecule has 6 nitrogen and oxygen atoms in total. The van der Waals surface area contributed by atoms with E-state index in [1.807, 2.05) is 17.2 Å². The Morgan fingerprint density at radius 3 is 3.24 bits per heavy atom. The molecule has 112 valence electrons. The van der Waals surface area contributed by atoms with E-state index in [-0.39, 0.29) is 11.9 Å². The summed E-state index contributed by atoms with van der Waals surface area (Å²) in [5, 5.41) is 10.6. The molecule has 1 amide bonds. The summed E-state index contributed by atoms with van der Waals surface area (Å²) in [5.41, 5.74) is 0. The van der Waals surface area contributed by atoms with E-state index in [0.29, 0.717) is 10.9 Å². The standard InChI is InChI=1S/C13H17N5OS2/c1-2-10-15-13(17-16-10)21-8-11(19)18-6-3-4-9(18)12-14-5-7-20-12/h5,7,9H,2-4,6,8H2,1H3,(H,15,16,17)/t9-/m1/s1. The number of aromatic nitrogens is 4. The predicted molar refractivity (Wildman–Crippen MR) is 82.3 cm³/mol. The minimum absolute atomic E-state index is 0.139. The van der Waals surface area contributed by atoms with Crippen LogP contribution in [0.2, 0.25) is 0 Å². The number of aryl methyl sites for hydroxylation is 1. The third-order valence-corrected chi connectivity index (χ3v) is 5.19. The number of carbonyl (C=O) groups is 1. The monoisotopic (exact) mass is 323 g/mol. The van der Waals surface area contributed by atoms with E-state index in [1.165, 1.54) is 11.8 Å². The van der Waals surface area contributed by atoms with Crippen LogP contribution in [0.25, 0.3) is 0 Å². The van der Waals surface area contributed by atoms with Crippen LogP contribution >= 0.6 is 23.1 Å². The lowest BCUT2D eigenvalue weighted by molar-refractivity contribution is -0.129. The van der Waals surface area contributed by atoms with Crippen LogP contribution in [0, 0.1) is 0 Å². The van der Waals surface area contributed by atoms with Crippen LogP contribution in [-0.4, -0.2) is 43.3 Å². The van der Waals surface area contributed by atoms with Crippen LogP contribution < -0.4 is 0 Å². The highest BCUT2D eigenvalue weighted by atomic mass is 32.2. The van der Waals surface area contributed by atoms with Crippen molar-refractivity contribution in [2.24, 2.45) is 0 Å². The SMILES string of the molecule is CCc1nc(SCC(=O)N2CCC[C@@H]2c2nccs2)n[nH]1. The molecule has 1 saturated heterocycles. The number of aromatic amines is 1. The summed E-state index contributed by atoms with van der Waals surface area (Å²) in [6.45, 7) is 2.83. The molecule has 0 saturated carbocycles. The first-order valence-corrected chi connectivity index (χ1v) is 8.87. The minimum Gasteiger partial charge on any atom is -0.332 e. The second kappa shape index (κ2) is 6.57. The molecule has 1 aliphatic rings. The Hall–Kier alpha value is -1.41. The smallest absolute Gasteiger partial charge is 0.233 e. The minimum atomic E-state index is 0.139. The molecule has 8 heteroatoms. The summed E-state index contributed by atoms with van der Waals surface area (Å²) in [7, 11) is 0. The molecule has 0 radical (unpaired) electrons. The van der Waals surface area contributed by atoms with Crippen LogP contribution in [0.15, 0.2) is 16.7 Å². The number of rotatable bonds is 5. The van der Waals surface area contributed by atoms with Gasteiger partial charge >= 0.3 is 0 Å². The highest BCUT2D eigenvalue weighted by Crippen LogP contribution is 2.33. The van der Waals surface area contributed by atoms with Gasteiger partial charge in [0.15, 0.2) is 0 Å². The quantitative estimate of drug-likeness (QED) is 0.855. The van der Waals surface area contributed by atoms with E-state index in [9.17, 15) is 4.79 Å². The molecule has 2 aromatic heterocycles. The molecule has 1 fully saturated rings. The fraction of sp³-hybridized carbons (Fsp3) is 0.538. The summed E-state index contributed by atoms with van der Waals surface area (Å²) in [5.74, 6) is 1.37. The second-order valence-electron chi connectivity index (χ2n) is 4.82. The average molecular weight is 323 g/mol. The first-order chi connectivity index (χ1) is 10.3. The van der Waals surface area contributed by atoms with Gasteiger partial charge in [0.25, 0.3) is 0 Å². The van der Waals surface area contributed by atoms with Crippen LogP contribution in [0.5, 0.6) is 0 Å². The number of hydrogen-bond donors (Lipinski definition) is 1. The van der Waals surface area contributed by atoms with Crippen molar-refractivity contribution < 1.29 is 4.79 Å². The van der Waals surface area contributed by atoms with E-state index >= 15 is 0 Å². The van der Waals surface area contributed by atoms with Crippen molar-refractivity contribution in [2.75, 3.05) is 12.3 Å². The van der Waals surface area contributed by atoms with Crippen LogP contribution in [0.3, 0.4) is 0 Å². The molecular formula is C13H17N5OS2. The van der Waals surface area contributed by atoms with Crippen molar-refractivity contribution in [1.29, 1.82) is 0 Å². The number of amides is 1. The van der Waals surface area contributed by atoms with Gasteiger partial charge in [-0.1, -0.05) is 18.7 Å². The first kappa shape index (κ1) is 14.5. The lowest BCUT2D eigenvalue weighted by Crippen LogP contribution is -2.31. The Labute approximate surface area is 131 Å². The van der Waals surface area contributed by atoms with Crippen molar-refractivity contribution in [3.8, 4) is 0 Å². The molecule has 1 N–H and O–H groups in total. The number of hydrogen-bond acceptors (Lipinski definition) is 6. The lowest BCUT2D eigenvalue weighted by Gasteiger charge is -2.22. The summed E-state index contributed by atoms with van der Waals surface area (Å²) in [6.07, 6.45) is 4.67. The fourth-order valence-electron chi connectivity index (χ4n) is 2.43. The molecule has 0 bridgehead atoms. The molecule has 21 heavy (non-hydrogen) atoms. The average Bonchev–Trinajstić information content (AvgIpc) is 3.24. The van der Waals surface area contributed by atoms with Gasteiger partial charge in [0.05, 0.1) is 11.8 Å². The largest absolute Gasteiger partial charge is 0.332 e. The number of thiazole rings is 1. The van der Waals surface area contributed by atoms with Crippen molar-refractivity contribution >= 4 is 29.0 Å². The predicted octanol–water partition coefficient (Wildman–Crippen LogP) is 2.28. The van der Waals surface area contributed by atoms with Gasteiger partial charge in [-0.2, -0.15) is 0 Å².